The van der Waals surface area contributed by atoms with Crippen LogP contribution in [0.5, 0.6) is 17.2 Å². The van der Waals surface area contributed by atoms with E-state index in [1.165, 1.54) is 33.4 Å². The smallest absolute Gasteiger partial charge is 0.509 e. The van der Waals surface area contributed by atoms with E-state index in [9.17, 15) is 0 Å². The second kappa shape index (κ2) is 13.7. The molecule has 0 saturated carbocycles. The fraction of sp³-hybridized carbons (Fsp3) is 0.238. The molecule has 7 rings (SSSR count). The van der Waals surface area contributed by atoms with Crippen molar-refractivity contribution in [2.24, 2.45) is 0 Å². The summed E-state index contributed by atoms with van der Waals surface area (Å²) < 4.78 is 15.9. The van der Waals surface area contributed by atoms with Crippen molar-refractivity contribution in [1.82, 2.24) is 19.3 Å². The van der Waals surface area contributed by atoms with E-state index < -0.39 is 0 Å². The van der Waals surface area contributed by atoms with Crippen LogP contribution in [0, 0.1) is 32.9 Å². The summed E-state index contributed by atoms with van der Waals surface area (Å²) in [6.07, 6.45) is 5.86. The first-order valence-electron chi connectivity index (χ1n) is 16.5. The van der Waals surface area contributed by atoms with Crippen LogP contribution in [0.1, 0.15) is 67.3 Å². The van der Waals surface area contributed by atoms with E-state index in [4.69, 9.17) is 14.6 Å². The molecule has 0 bridgehead atoms. The summed E-state index contributed by atoms with van der Waals surface area (Å²) in [6, 6.07) is 28.9. The minimum atomic E-state index is 0. The van der Waals surface area contributed by atoms with Crippen molar-refractivity contribution in [2.45, 2.75) is 60.3 Å². The largest absolute Gasteiger partial charge is 2.00 e. The summed E-state index contributed by atoms with van der Waals surface area (Å²) in [6.45, 7) is 15.9. The summed E-state index contributed by atoms with van der Waals surface area (Å²) in [4.78, 5) is 4.66. The number of ether oxygens (including phenoxy) is 2. The van der Waals surface area contributed by atoms with Gasteiger partial charge in [0.05, 0.1) is 13.3 Å². The standard InChI is InChI=1S/C42H40N4O2.Pt/c1-25(2)40-28(6)27(5)29(7)41(26(3)4)42(40)30-23-44-45(24-30)31-12-11-13-33(20-31)48-34-16-17-36-35-14-9-10-15-37(35)46(38(36)21-34)39-22-32(47-8)18-19-43-39;/h9-19,22-26H,1-8H3;/q-2;+2. The maximum absolute atomic E-state index is 6.41. The number of aromatic nitrogens is 4. The summed E-state index contributed by atoms with van der Waals surface area (Å²) in [5.41, 5.74) is 12.0. The monoisotopic (exact) mass is 827 g/mol. The second-order valence-corrected chi connectivity index (χ2v) is 13.1. The normalized spacial score (nSPS) is 11.5. The molecule has 0 aliphatic heterocycles. The van der Waals surface area contributed by atoms with Crippen LogP contribution in [0.3, 0.4) is 0 Å². The minimum Gasteiger partial charge on any atom is -0.509 e. The van der Waals surface area contributed by atoms with Gasteiger partial charge in [-0.3, -0.25) is 4.68 Å². The Bertz CT molecular complexity index is 2280. The van der Waals surface area contributed by atoms with Gasteiger partial charge in [-0.05, 0) is 89.2 Å². The number of rotatable bonds is 8. The van der Waals surface area contributed by atoms with Gasteiger partial charge in [-0.2, -0.15) is 17.2 Å². The van der Waals surface area contributed by atoms with E-state index in [1.807, 2.05) is 59.4 Å². The van der Waals surface area contributed by atoms with Gasteiger partial charge in [-0.15, -0.1) is 35.7 Å². The summed E-state index contributed by atoms with van der Waals surface area (Å²) in [5, 5.41) is 7.00. The number of para-hydroxylation sites is 1. The fourth-order valence-corrected chi connectivity index (χ4v) is 7.11. The van der Waals surface area contributed by atoms with Gasteiger partial charge in [0.1, 0.15) is 11.6 Å². The van der Waals surface area contributed by atoms with E-state index in [0.29, 0.717) is 23.3 Å². The van der Waals surface area contributed by atoms with E-state index in [-0.39, 0.29) is 21.1 Å². The third kappa shape index (κ3) is 6.08. The molecule has 0 unspecified atom stereocenters. The minimum absolute atomic E-state index is 0. The number of hydrogen-bond acceptors (Lipinski definition) is 4. The van der Waals surface area contributed by atoms with Crippen molar-refractivity contribution >= 4 is 21.8 Å². The topological polar surface area (TPSA) is 54.1 Å². The maximum atomic E-state index is 6.41. The fourth-order valence-electron chi connectivity index (χ4n) is 7.11. The van der Waals surface area contributed by atoms with Gasteiger partial charge in [0.2, 0.25) is 0 Å². The van der Waals surface area contributed by atoms with Crippen molar-refractivity contribution in [1.29, 1.82) is 0 Å². The Kier molecular flexibility index (Phi) is 9.55. The molecule has 3 heterocycles. The summed E-state index contributed by atoms with van der Waals surface area (Å²) in [7, 11) is 1.66. The Balaban J connectivity index is 0.00000417. The zero-order chi connectivity index (χ0) is 33.7. The maximum Gasteiger partial charge on any atom is 2.00 e. The van der Waals surface area contributed by atoms with Crippen LogP contribution in [0.15, 0.2) is 85.3 Å². The van der Waals surface area contributed by atoms with Crippen LogP contribution in [0.4, 0.5) is 0 Å². The molecular formula is C42H40N4O2Pt. The molecule has 0 atom stereocenters. The average molecular weight is 828 g/mol. The molecular weight excluding hydrogens is 788 g/mol. The average Bonchev–Trinajstić information content (AvgIpc) is 3.70. The van der Waals surface area contributed by atoms with Crippen LogP contribution >= 0.6 is 0 Å². The first-order valence-corrected chi connectivity index (χ1v) is 16.5. The molecule has 4 aromatic carbocycles. The Labute approximate surface area is 303 Å². The molecule has 0 N–H and O–H groups in total. The van der Waals surface area contributed by atoms with Gasteiger partial charge >= 0.3 is 21.1 Å². The zero-order valence-electron chi connectivity index (χ0n) is 29.2. The van der Waals surface area contributed by atoms with Crippen molar-refractivity contribution < 1.29 is 30.5 Å². The number of nitrogens with zero attached hydrogens (tertiary/aromatic N) is 4. The first-order chi connectivity index (χ1) is 23.2. The number of hydrogen-bond donors (Lipinski definition) is 0. The number of benzene rings is 4. The third-order valence-corrected chi connectivity index (χ3v) is 9.46. The predicted octanol–water partition coefficient (Wildman–Crippen LogP) is 10.6. The van der Waals surface area contributed by atoms with E-state index in [0.717, 1.165) is 44.6 Å². The predicted molar refractivity (Wildman–Crippen MR) is 194 cm³/mol. The number of fused-ring (bicyclic) bond motifs is 3. The molecule has 3 aromatic heterocycles. The summed E-state index contributed by atoms with van der Waals surface area (Å²) >= 11 is 0. The molecule has 250 valence electrons. The van der Waals surface area contributed by atoms with Crippen LogP contribution in [0.2, 0.25) is 0 Å². The molecule has 6 nitrogen and oxygen atoms in total. The van der Waals surface area contributed by atoms with Crippen molar-refractivity contribution in [3.05, 3.63) is 125 Å². The summed E-state index contributed by atoms with van der Waals surface area (Å²) in [5.74, 6) is 3.41. The zero-order valence-corrected chi connectivity index (χ0v) is 31.4. The Morgan fingerprint density at radius 3 is 2.18 bits per heavy atom. The Morgan fingerprint density at radius 2 is 1.47 bits per heavy atom. The van der Waals surface area contributed by atoms with Crippen molar-refractivity contribution in [3.8, 4) is 39.9 Å². The second-order valence-electron chi connectivity index (χ2n) is 13.1. The number of pyridine rings is 1. The van der Waals surface area contributed by atoms with Crippen LogP contribution in [-0.2, 0) is 21.1 Å². The van der Waals surface area contributed by atoms with Crippen molar-refractivity contribution in [3.63, 3.8) is 0 Å². The molecule has 0 aliphatic rings. The van der Waals surface area contributed by atoms with Gasteiger partial charge in [0.25, 0.3) is 0 Å². The van der Waals surface area contributed by atoms with Gasteiger partial charge in [0, 0.05) is 41.0 Å². The molecule has 7 aromatic rings. The molecule has 0 aliphatic carbocycles. The van der Waals surface area contributed by atoms with Gasteiger partial charge in [-0.25, -0.2) is 4.98 Å². The molecule has 0 saturated heterocycles. The first kappa shape index (κ1) is 34.2. The Hall–Kier alpha value is -4.67. The van der Waals surface area contributed by atoms with Gasteiger partial charge < -0.3 is 14.0 Å². The van der Waals surface area contributed by atoms with Crippen molar-refractivity contribution in [2.75, 3.05) is 7.11 Å². The van der Waals surface area contributed by atoms with Crippen LogP contribution in [0.25, 0.3) is 44.4 Å². The van der Waals surface area contributed by atoms with E-state index >= 15 is 0 Å². The Morgan fingerprint density at radius 1 is 0.755 bits per heavy atom. The molecule has 0 spiro atoms. The SMILES string of the molecule is COc1ccnc(-n2c3[c-]c(Oc4[c-]c(-n5cc(-c6c(C(C)C)c(C)c(C)c(C)c6C(C)C)cn5)ccc4)ccc3c3ccccc32)c1.[Pt+2]. The van der Waals surface area contributed by atoms with E-state index in [1.54, 1.807) is 13.3 Å². The van der Waals surface area contributed by atoms with Crippen LogP contribution < -0.4 is 9.47 Å². The quantitative estimate of drug-likeness (QED) is 0.143. The molecule has 0 fully saturated rings. The molecule has 49 heavy (non-hydrogen) atoms. The third-order valence-electron chi connectivity index (χ3n) is 9.46. The van der Waals surface area contributed by atoms with Gasteiger partial charge in [0.15, 0.2) is 0 Å². The van der Waals surface area contributed by atoms with E-state index in [2.05, 4.69) is 94.5 Å². The molecule has 7 heteroatoms. The molecule has 0 amide bonds. The van der Waals surface area contributed by atoms with Gasteiger partial charge in [-0.1, -0.05) is 51.4 Å². The van der Waals surface area contributed by atoms with Crippen LogP contribution in [-0.4, -0.2) is 26.4 Å². The molecule has 0 radical (unpaired) electrons. The number of methoxy groups -OCH3 is 1.